The van der Waals surface area contributed by atoms with Gasteiger partial charge in [0.25, 0.3) is 0 Å². The number of rotatable bonds is 5. The number of nitrogens with zero attached hydrogens (tertiary/aromatic N) is 1. The fourth-order valence-electron chi connectivity index (χ4n) is 1.57. The Morgan fingerprint density at radius 3 is 3.06 bits per heavy atom. The minimum absolute atomic E-state index is 0.238. The van der Waals surface area contributed by atoms with Crippen molar-refractivity contribution in [1.82, 2.24) is 4.98 Å². The summed E-state index contributed by atoms with van der Waals surface area (Å²) in [7, 11) is 0. The molecule has 1 aromatic carbocycles. The van der Waals surface area contributed by atoms with Gasteiger partial charge in [-0.15, -0.1) is 11.3 Å². The summed E-state index contributed by atoms with van der Waals surface area (Å²) in [6.45, 7) is 1.06. The van der Waals surface area contributed by atoms with Gasteiger partial charge in [-0.2, -0.15) is 0 Å². The maximum absolute atomic E-state index is 8.67. The molecule has 1 aromatic heterocycles. The number of anilines is 2. The lowest BCUT2D eigenvalue weighted by molar-refractivity contribution is 0.286. The maximum atomic E-state index is 8.67. The van der Waals surface area contributed by atoms with Crippen molar-refractivity contribution in [1.29, 1.82) is 0 Å². The van der Waals surface area contributed by atoms with Crippen molar-refractivity contribution in [2.45, 2.75) is 12.8 Å². The Morgan fingerprint density at radius 2 is 2.25 bits per heavy atom. The van der Waals surface area contributed by atoms with Gasteiger partial charge in [-0.05, 0) is 25.0 Å². The van der Waals surface area contributed by atoms with Crippen molar-refractivity contribution in [3.8, 4) is 0 Å². The summed E-state index contributed by atoms with van der Waals surface area (Å²) in [6, 6.07) is 4.01. The van der Waals surface area contributed by atoms with Gasteiger partial charge in [-0.25, -0.2) is 4.98 Å². The SMILES string of the molecule is Nc1c(NCCCCO)ccc2scnc12. The number of fused-ring (bicyclic) bond motifs is 1. The predicted molar refractivity (Wildman–Crippen MR) is 68.8 cm³/mol. The van der Waals surface area contributed by atoms with Gasteiger partial charge in [-0.3, -0.25) is 0 Å². The van der Waals surface area contributed by atoms with Gasteiger partial charge < -0.3 is 16.2 Å². The van der Waals surface area contributed by atoms with Gasteiger partial charge in [0.1, 0.15) is 5.52 Å². The average Bonchev–Trinajstić information content (AvgIpc) is 2.76. The molecule has 86 valence electrons. The normalized spacial score (nSPS) is 10.8. The Kier molecular flexibility index (Phi) is 3.58. The third-order valence-electron chi connectivity index (χ3n) is 2.44. The lowest BCUT2D eigenvalue weighted by atomic mass is 10.2. The van der Waals surface area contributed by atoms with Gasteiger partial charge in [0.05, 0.1) is 21.6 Å². The Morgan fingerprint density at radius 1 is 1.38 bits per heavy atom. The van der Waals surface area contributed by atoms with Crippen LogP contribution in [0.25, 0.3) is 10.2 Å². The number of benzene rings is 1. The Labute approximate surface area is 98.1 Å². The number of hydrogen-bond acceptors (Lipinski definition) is 5. The van der Waals surface area contributed by atoms with Crippen LogP contribution in [-0.4, -0.2) is 23.2 Å². The highest BCUT2D eigenvalue weighted by Crippen LogP contribution is 2.29. The van der Waals surface area contributed by atoms with Crippen LogP contribution in [0, 0.1) is 0 Å². The number of nitrogens with one attached hydrogen (secondary N) is 1. The van der Waals surface area contributed by atoms with E-state index in [1.54, 1.807) is 16.8 Å². The first-order chi connectivity index (χ1) is 7.83. The van der Waals surface area contributed by atoms with Crippen molar-refractivity contribution in [2.24, 2.45) is 0 Å². The minimum atomic E-state index is 0.238. The fraction of sp³-hybridized carbons (Fsp3) is 0.364. The van der Waals surface area contributed by atoms with Crippen molar-refractivity contribution in [3.05, 3.63) is 17.6 Å². The van der Waals surface area contributed by atoms with E-state index in [1.807, 2.05) is 12.1 Å². The highest BCUT2D eigenvalue weighted by molar-refractivity contribution is 7.16. The first-order valence-corrected chi connectivity index (χ1v) is 6.17. The summed E-state index contributed by atoms with van der Waals surface area (Å²) >= 11 is 1.59. The zero-order chi connectivity index (χ0) is 11.4. The molecule has 0 saturated carbocycles. The lowest BCUT2D eigenvalue weighted by Crippen LogP contribution is -2.05. The molecule has 2 aromatic rings. The first kappa shape index (κ1) is 11.2. The molecule has 0 atom stereocenters. The standard InChI is InChI=1S/C11H15N3OS/c12-10-8(13-5-1-2-6-15)3-4-9-11(10)14-7-16-9/h3-4,7,13,15H,1-2,5-6,12H2. The molecule has 2 rings (SSSR count). The highest BCUT2D eigenvalue weighted by Gasteiger charge is 2.05. The molecule has 0 aliphatic rings. The molecule has 5 heteroatoms. The van der Waals surface area contributed by atoms with E-state index < -0.39 is 0 Å². The summed E-state index contributed by atoms with van der Waals surface area (Å²) in [5.41, 5.74) is 10.3. The van der Waals surface area contributed by atoms with Gasteiger partial charge >= 0.3 is 0 Å². The largest absolute Gasteiger partial charge is 0.396 e. The fourth-order valence-corrected chi connectivity index (χ4v) is 2.26. The lowest BCUT2D eigenvalue weighted by Gasteiger charge is -2.08. The summed E-state index contributed by atoms with van der Waals surface area (Å²) in [6.07, 6.45) is 1.75. The molecule has 16 heavy (non-hydrogen) atoms. The maximum Gasteiger partial charge on any atom is 0.106 e. The smallest absolute Gasteiger partial charge is 0.106 e. The van der Waals surface area contributed by atoms with E-state index in [-0.39, 0.29) is 6.61 Å². The van der Waals surface area contributed by atoms with Gasteiger partial charge in [0.15, 0.2) is 0 Å². The summed E-state index contributed by atoms with van der Waals surface area (Å²) in [5.74, 6) is 0. The average molecular weight is 237 g/mol. The van der Waals surface area contributed by atoms with Crippen LogP contribution in [0.2, 0.25) is 0 Å². The molecule has 0 aliphatic carbocycles. The summed E-state index contributed by atoms with van der Waals surface area (Å²) in [5, 5.41) is 11.9. The third-order valence-corrected chi connectivity index (χ3v) is 3.24. The monoisotopic (exact) mass is 237 g/mol. The van der Waals surface area contributed by atoms with E-state index in [2.05, 4.69) is 10.3 Å². The van der Waals surface area contributed by atoms with Crippen LogP contribution in [0.15, 0.2) is 17.6 Å². The molecule has 0 aliphatic heterocycles. The van der Waals surface area contributed by atoms with Crippen molar-refractivity contribution in [3.63, 3.8) is 0 Å². The van der Waals surface area contributed by atoms with Gasteiger partial charge in [-0.1, -0.05) is 0 Å². The van der Waals surface area contributed by atoms with Crippen molar-refractivity contribution >= 4 is 32.9 Å². The van der Waals surface area contributed by atoms with Gasteiger partial charge in [0, 0.05) is 13.2 Å². The number of aliphatic hydroxyl groups is 1. The number of thiazole rings is 1. The third kappa shape index (κ3) is 2.25. The number of nitrogen functional groups attached to an aromatic ring is 1. The molecule has 0 saturated heterocycles. The molecule has 0 amide bonds. The zero-order valence-corrected chi connectivity index (χ0v) is 9.76. The Bertz CT molecular complexity index is 469. The number of aliphatic hydroxyl groups excluding tert-OH is 1. The molecule has 4 N–H and O–H groups in total. The highest BCUT2D eigenvalue weighted by atomic mass is 32.1. The van der Waals surface area contributed by atoms with E-state index in [9.17, 15) is 0 Å². The van der Waals surface area contributed by atoms with E-state index in [4.69, 9.17) is 10.8 Å². The van der Waals surface area contributed by atoms with Crippen LogP contribution < -0.4 is 11.1 Å². The molecule has 0 radical (unpaired) electrons. The quantitative estimate of drug-likeness (QED) is 0.550. The van der Waals surface area contributed by atoms with Crippen LogP contribution in [-0.2, 0) is 0 Å². The van der Waals surface area contributed by atoms with Gasteiger partial charge in [0.2, 0.25) is 0 Å². The zero-order valence-electron chi connectivity index (χ0n) is 8.94. The molecular formula is C11H15N3OS. The Balaban J connectivity index is 2.09. The van der Waals surface area contributed by atoms with Crippen molar-refractivity contribution < 1.29 is 5.11 Å². The van der Waals surface area contributed by atoms with Crippen LogP contribution in [0.5, 0.6) is 0 Å². The second kappa shape index (κ2) is 5.14. The van der Waals surface area contributed by atoms with E-state index in [0.29, 0.717) is 5.69 Å². The number of nitrogens with two attached hydrogens (primary N) is 1. The Hall–Kier alpha value is -1.33. The number of aromatic nitrogens is 1. The first-order valence-electron chi connectivity index (χ1n) is 5.29. The van der Waals surface area contributed by atoms with Crippen LogP contribution in [0.4, 0.5) is 11.4 Å². The second-order valence-electron chi connectivity index (χ2n) is 3.58. The minimum Gasteiger partial charge on any atom is -0.396 e. The molecule has 4 nitrogen and oxygen atoms in total. The molecular weight excluding hydrogens is 222 g/mol. The summed E-state index contributed by atoms with van der Waals surface area (Å²) in [4.78, 5) is 4.24. The summed E-state index contributed by atoms with van der Waals surface area (Å²) < 4.78 is 1.11. The molecule has 1 heterocycles. The number of unbranched alkanes of at least 4 members (excludes halogenated alkanes) is 1. The molecule has 0 spiro atoms. The molecule has 0 fully saturated rings. The number of hydrogen-bond donors (Lipinski definition) is 3. The topological polar surface area (TPSA) is 71.2 Å². The van der Waals surface area contributed by atoms with Crippen molar-refractivity contribution in [2.75, 3.05) is 24.2 Å². The second-order valence-corrected chi connectivity index (χ2v) is 4.47. The van der Waals surface area contributed by atoms with Crippen LogP contribution in [0.3, 0.4) is 0 Å². The molecule has 0 bridgehead atoms. The molecule has 0 unspecified atom stereocenters. The van der Waals surface area contributed by atoms with E-state index in [1.165, 1.54) is 0 Å². The van der Waals surface area contributed by atoms with Crippen LogP contribution >= 0.6 is 11.3 Å². The predicted octanol–water partition coefficient (Wildman–Crippen LogP) is 2.06. The van der Waals surface area contributed by atoms with E-state index >= 15 is 0 Å². The van der Waals surface area contributed by atoms with Crippen LogP contribution in [0.1, 0.15) is 12.8 Å². The van der Waals surface area contributed by atoms with E-state index in [0.717, 1.165) is 35.3 Å².